The van der Waals surface area contributed by atoms with E-state index in [1.165, 1.54) is 103 Å². The van der Waals surface area contributed by atoms with E-state index in [1.54, 1.807) is 0 Å². The predicted molar refractivity (Wildman–Crippen MR) is 128 cm³/mol. The van der Waals surface area contributed by atoms with E-state index >= 15 is 0 Å². The van der Waals surface area contributed by atoms with Gasteiger partial charge in [-0.15, -0.1) is 0 Å². The molecule has 5 heteroatoms. The van der Waals surface area contributed by atoms with E-state index in [-0.39, 0.29) is 22.6 Å². The number of carboxylic acid groups (broad SMARTS) is 2. The van der Waals surface area contributed by atoms with Crippen molar-refractivity contribution in [2.75, 3.05) is 0 Å². The number of hydrogen-bond donors (Lipinski definition) is 2. The summed E-state index contributed by atoms with van der Waals surface area (Å²) in [5, 5.41) is 16.4. The van der Waals surface area contributed by atoms with Gasteiger partial charge in [0.1, 0.15) is 0 Å². The van der Waals surface area contributed by atoms with Crippen molar-refractivity contribution in [3.05, 3.63) is 24.3 Å². The minimum Gasteiger partial charge on any atom is -0.481 e. The van der Waals surface area contributed by atoms with E-state index in [9.17, 15) is 9.59 Å². The molecule has 0 fully saturated rings. The van der Waals surface area contributed by atoms with E-state index in [2.05, 4.69) is 25.7 Å². The molecular formula is C26H48CuO4. The van der Waals surface area contributed by atoms with Gasteiger partial charge < -0.3 is 10.2 Å². The maximum atomic E-state index is 10.4. The van der Waals surface area contributed by atoms with Crippen LogP contribution >= 0.6 is 0 Å². The van der Waals surface area contributed by atoms with Crippen LogP contribution in [0, 0.1) is 0 Å². The van der Waals surface area contributed by atoms with Crippen LogP contribution in [0.2, 0.25) is 0 Å². The molecule has 187 valence electrons. The van der Waals surface area contributed by atoms with Crippen molar-refractivity contribution < 1.29 is 36.9 Å². The van der Waals surface area contributed by atoms with Crippen LogP contribution in [0.5, 0.6) is 0 Å². The third-order valence-corrected chi connectivity index (χ3v) is 5.02. The maximum absolute atomic E-state index is 10.4. The van der Waals surface area contributed by atoms with Crippen molar-refractivity contribution in [3.63, 3.8) is 0 Å². The molecule has 0 rings (SSSR count). The van der Waals surface area contributed by atoms with Gasteiger partial charge in [0.15, 0.2) is 0 Å². The van der Waals surface area contributed by atoms with Crippen molar-refractivity contribution in [1.82, 2.24) is 0 Å². The topological polar surface area (TPSA) is 74.6 Å². The zero-order valence-electron chi connectivity index (χ0n) is 20.1. The Hall–Kier alpha value is -1.06. The first kappa shape index (κ1) is 34.5. The molecule has 0 amide bonds. The second-order valence-electron chi connectivity index (χ2n) is 8.23. The summed E-state index contributed by atoms with van der Waals surface area (Å²) in [6, 6.07) is 0. The minimum absolute atomic E-state index is 0. The summed E-state index contributed by atoms with van der Waals surface area (Å²) in [6.45, 7) is 6.87. The zero-order valence-corrected chi connectivity index (χ0v) is 21.0. The molecule has 31 heavy (non-hydrogen) atoms. The Morgan fingerprint density at radius 1 is 0.677 bits per heavy atom. The van der Waals surface area contributed by atoms with Gasteiger partial charge in [-0.3, -0.25) is 4.79 Å². The fourth-order valence-corrected chi connectivity index (χ4v) is 3.05. The predicted octanol–water partition coefficient (Wildman–Crippen LogP) is 8.31. The quantitative estimate of drug-likeness (QED) is 0.0782. The Kier molecular flexibility index (Phi) is 32.3. The Balaban J connectivity index is -0.000000976. The van der Waals surface area contributed by atoms with Gasteiger partial charge in [-0.2, -0.15) is 0 Å². The van der Waals surface area contributed by atoms with Gasteiger partial charge in [-0.05, 0) is 39.0 Å². The number of carboxylic acids is 2. The molecule has 0 aliphatic heterocycles. The largest absolute Gasteiger partial charge is 0.481 e. The molecule has 0 aliphatic rings. The molecule has 0 unspecified atom stereocenters. The normalized spacial score (nSPS) is 10.3. The third-order valence-electron chi connectivity index (χ3n) is 5.02. The van der Waals surface area contributed by atoms with Gasteiger partial charge >= 0.3 is 11.9 Å². The van der Waals surface area contributed by atoms with Crippen LogP contribution in [0.4, 0.5) is 0 Å². The average Bonchev–Trinajstić information content (AvgIpc) is 2.70. The Labute approximate surface area is 202 Å². The molecule has 0 aromatic rings. The first-order chi connectivity index (χ1) is 14.4. The molecule has 0 aliphatic carbocycles. The smallest absolute Gasteiger partial charge is 0.330 e. The van der Waals surface area contributed by atoms with Crippen LogP contribution in [-0.2, 0) is 26.7 Å². The molecule has 4 nitrogen and oxygen atoms in total. The molecule has 0 saturated carbocycles. The van der Waals surface area contributed by atoms with Gasteiger partial charge in [0, 0.05) is 29.1 Å². The van der Waals surface area contributed by atoms with Gasteiger partial charge in [-0.1, -0.05) is 103 Å². The molecule has 0 aromatic carbocycles. The van der Waals surface area contributed by atoms with Gasteiger partial charge in [0.25, 0.3) is 0 Å². The molecule has 0 bridgehead atoms. The number of allylic oxidation sites excluding steroid dienone is 2. The van der Waals surface area contributed by atoms with E-state index in [4.69, 9.17) is 10.2 Å². The molecule has 0 spiro atoms. The maximum Gasteiger partial charge on any atom is 0.330 e. The molecule has 0 aromatic heterocycles. The van der Waals surface area contributed by atoms with Crippen molar-refractivity contribution >= 4 is 11.9 Å². The summed E-state index contributed by atoms with van der Waals surface area (Å²) in [7, 11) is 0. The molecule has 1 radical (unpaired) electrons. The molecular weight excluding hydrogens is 440 g/mol. The van der Waals surface area contributed by atoms with Crippen molar-refractivity contribution in [2.45, 2.75) is 129 Å². The van der Waals surface area contributed by atoms with Gasteiger partial charge in [0.05, 0.1) is 0 Å². The number of carbonyl (C=O) groups is 2. The third kappa shape index (κ3) is 36.6. The number of rotatable bonds is 20. The molecule has 0 atom stereocenters. The monoisotopic (exact) mass is 487 g/mol. The van der Waals surface area contributed by atoms with Gasteiger partial charge in [0.2, 0.25) is 0 Å². The SMILES string of the molecule is C=C(C)C(=O)O.CCCCCCCC/C=C\CCCCCCCCCCCC(=O)O.[Cu]. The summed E-state index contributed by atoms with van der Waals surface area (Å²) in [5.74, 6) is -1.59. The fraction of sp³-hybridized carbons (Fsp3) is 0.769. The first-order valence-electron chi connectivity index (χ1n) is 12.2. The minimum atomic E-state index is -0.935. The average molecular weight is 488 g/mol. The second kappa shape index (κ2) is 28.9. The fourth-order valence-electron chi connectivity index (χ4n) is 3.05. The summed E-state index contributed by atoms with van der Waals surface area (Å²) >= 11 is 0. The standard InChI is InChI=1S/C22H42O2.C4H6O2.Cu/c1-2-3-4-5-6-7-8-9-10-11-12-13-14-15-16-17-18-19-20-21-22(23)24;1-3(2)4(5)6;/h9-10H,2-8,11-21H2,1H3,(H,23,24);1H2,2H3,(H,5,6);/b10-9-;;. The van der Waals surface area contributed by atoms with Gasteiger partial charge in [-0.25, -0.2) is 4.79 Å². The summed E-state index contributed by atoms with van der Waals surface area (Å²) in [6.07, 6.45) is 27.1. The van der Waals surface area contributed by atoms with Crippen LogP contribution in [0.1, 0.15) is 129 Å². The second-order valence-corrected chi connectivity index (χ2v) is 8.23. The number of unbranched alkanes of at least 4 members (excludes halogenated alkanes) is 15. The first-order valence-corrected chi connectivity index (χ1v) is 12.2. The van der Waals surface area contributed by atoms with E-state index in [1.807, 2.05) is 0 Å². The Morgan fingerprint density at radius 2 is 1.00 bits per heavy atom. The molecule has 0 heterocycles. The van der Waals surface area contributed by atoms with Crippen LogP contribution in [0.15, 0.2) is 24.3 Å². The van der Waals surface area contributed by atoms with E-state index in [0.29, 0.717) is 6.42 Å². The Morgan fingerprint density at radius 3 is 1.32 bits per heavy atom. The summed E-state index contributed by atoms with van der Waals surface area (Å²) in [5.41, 5.74) is 0.176. The summed E-state index contributed by atoms with van der Waals surface area (Å²) in [4.78, 5) is 20.0. The van der Waals surface area contributed by atoms with Crippen molar-refractivity contribution in [1.29, 1.82) is 0 Å². The molecule has 2 N–H and O–H groups in total. The van der Waals surface area contributed by atoms with Crippen LogP contribution < -0.4 is 0 Å². The van der Waals surface area contributed by atoms with E-state index in [0.717, 1.165) is 12.8 Å². The van der Waals surface area contributed by atoms with Crippen molar-refractivity contribution in [3.8, 4) is 0 Å². The molecule has 0 saturated heterocycles. The number of aliphatic carboxylic acids is 2. The van der Waals surface area contributed by atoms with Crippen LogP contribution in [-0.4, -0.2) is 22.2 Å². The zero-order chi connectivity index (χ0) is 22.9. The number of hydrogen-bond acceptors (Lipinski definition) is 2. The summed E-state index contributed by atoms with van der Waals surface area (Å²) < 4.78 is 0. The van der Waals surface area contributed by atoms with Crippen LogP contribution in [0.25, 0.3) is 0 Å². The van der Waals surface area contributed by atoms with Crippen molar-refractivity contribution in [2.24, 2.45) is 0 Å². The van der Waals surface area contributed by atoms with E-state index < -0.39 is 11.9 Å². The Bertz CT molecular complexity index is 435. The van der Waals surface area contributed by atoms with Crippen LogP contribution in [0.3, 0.4) is 0 Å².